The monoisotopic (exact) mass is 259 g/mol. The van der Waals surface area contributed by atoms with Crippen LogP contribution in [-0.2, 0) is 0 Å². The summed E-state index contributed by atoms with van der Waals surface area (Å²) in [7, 11) is 0. The summed E-state index contributed by atoms with van der Waals surface area (Å²) in [5, 5.41) is 9.06. The van der Waals surface area contributed by atoms with Crippen LogP contribution in [0.1, 0.15) is 45.5 Å². The van der Waals surface area contributed by atoms with Crippen LogP contribution in [0.2, 0.25) is 0 Å². The molecule has 1 aromatic rings. The highest BCUT2D eigenvalue weighted by Crippen LogP contribution is 2.38. The molecule has 4 heteroatoms. The molecule has 0 spiro atoms. The lowest BCUT2D eigenvalue weighted by molar-refractivity contribution is 0.0696. The van der Waals surface area contributed by atoms with Crippen LogP contribution < -0.4 is 0 Å². The number of hydrogen-bond acceptors (Lipinski definition) is 2. The van der Waals surface area contributed by atoms with E-state index in [1.807, 2.05) is 11.8 Å². The van der Waals surface area contributed by atoms with Gasteiger partial charge in [-0.05, 0) is 55.9 Å². The SMILES string of the molecule is Cc1cc(C(=O)O)cc(C(=O)N2CC3CCC2C3)c1. The van der Waals surface area contributed by atoms with Gasteiger partial charge in [0.25, 0.3) is 5.91 Å². The number of amides is 1. The number of nitrogens with zero attached hydrogens (tertiary/aromatic N) is 1. The molecule has 19 heavy (non-hydrogen) atoms. The van der Waals surface area contributed by atoms with Gasteiger partial charge in [0.05, 0.1) is 5.56 Å². The van der Waals surface area contributed by atoms with E-state index in [-0.39, 0.29) is 11.5 Å². The number of carboxylic acid groups (broad SMARTS) is 1. The number of piperidine rings is 1. The maximum Gasteiger partial charge on any atom is 0.335 e. The molecule has 3 rings (SSSR count). The standard InChI is InChI=1S/C15H17NO3/c1-9-4-11(7-12(5-9)15(18)19)14(17)16-8-10-2-3-13(16)6-10/h4-5,7,10,13H,2-3,6,8H2,1H3,(H,18,19). The number of carboxylic acids is 1. The summed E-state index contributed by atoms with van der Waals surface area (Å²) in [4.78, 5) is 25.5. The molecule has 2 aliphatic rings. The highest BCUT2D eigenvalue weighted by atomic mass is 16.4. The van der Waals surface area contributed by atoms with E-state index in [4.69, 9.17) is 5.11 Å². The van der Waals surface area contributed by atoms with Gasteiger partial charge in [-0.15, -0.1) is 0 Å². The number of carbonyl (C=O) groups is 2. The van der Waals surface area contributed by atoms with Crippen LogP contribution in [0.3, 0.4) is 0 Å². The predicted octanol–water partition coefficient (Wildman–Crippen LogP) is 2.32. The molecule has 100 valence electrons. The van der Waals surface area contributed by atoms with Gasteiger partial charge in [0.2, 0.25) is 0 Å². The van der Waals surface area contributed by atoms with Crippen LogP contribution >= 0.6 is 0 Å². The van der Waals surface area contributed by atoms with Gasteiger partial charge in [-0.1, -0.05) is 0 Å². The van der Waals surface area contributed by atoms with E-state index in [0.29, 0.717) is 17.5 Å². The molecule has 2 bridgehead atoms. The molecule has 1 aliphatic carbocycles. The first-order valence-corrected chi connectivity index (χ1v) is 6.70. The Bertz CT molecular complexity index is 552. The zero-order chi connectivity index (χ0) is 13.6. The number of aromatic carboxylic acids is 1. The average molecular weight is 259 g/mol. The largest absolute Gasteiger partial charge is 0.478 e. The summed E-state index contributed by atoms with van der Waals surface area (Å²) >= 11 is 0. The summed E-state index contributed by atoms with van der Waals surface area (Å²) in [6.45, 7) is 2.65. The second-order valence-electron chi connectivity index (χ2n) is 5.68. The highest BCUT2D eigenvalue weighted by molar-refractivity contribution is 5.98. The number of likely N-dealkylation sites (tertiary alicyclic amines) is 1. The Balaban J connectivity index is 1.89. The topological polar surface area (TPSA) is 57.6 Å². The molecule has 1 heterocycles. The molecule has 2 fully saturated rings. The zero-order valence-corrected chi connectivity index (χ0v) is 10.9. The fourth-order valence-electron chi connectivity index (χ4n) is 3.37. The Hall–Kier alpha value is -1.84. The minimum absolute atomic E-state index is 0.0154. The molecule has 1 aliphatic heterocycles. The van der Waals surface area contributed by atoms with Crippen molar-refractivity contribution in [2.75, 3.05) is 6.54 Å². The fraction of sp³-hybridized carbons (Fsp3) is 0.467. The summed E-state index contributed by atoms with van der Waals surface area (Å²) in [6, 6.07) is 5.23. The van der Waals surface area contributed by atoms with Crippen molar-refractivity contribution in [1.82, 2.24) is 4.90 Å². The van der Waals surface area contributed by atoms with Gasteiger partial charge in [-0.25, -0.2) is 4.79 Å². The van der Waals surface area contributed by atoms with Crippen molar-refractivity contribution in [3.05, 3.63) is 34.9 Å². The zero-order valence-electron chi connectivity index (χ0n) is 10.9. The summed E-state index contributed by atoms with van der Waals surface area (Å²) in [5.74, 6) is -0.350. The minimum atomic E-state index is -0.985. The van der Waals surface area contributed by atoms with E-state index < -0.39 is 5.97 Å². The van der Waals surface area contributed by atoms with Gasteiger partial charge in [0.15, 0.2) is 0 Å². The maximum absolute atomic E-state index is 12.5. The van der Waals surface area contributed by atoms with Crippen molar-refractivity contribution >= 4 is 11.9 Å². The quantitative estimate of drug-likeness (QED) is 0.886. The first-order chi connectivity index (χ1) is 9.04. The van der Waals surface area contributed by atoms with Crippen molar-refractivity contribution in [3.63, 3.8) is 0 Å². The van der Waals surface area contributed by atoms with Crippen LogP contribution in [0.5, 0.6) is 0 Å². The van der Waals surface area contributed by atoms with Gasteiger partial charge in [0, 0.05) is 18.2 Å². The first kappa shape index (κ1) is 12.2. The molecule has 1 aromatic carbocycles. The van der Waals surface area contributed by atoms with Gasteiger partial charge in [-0.2, -0.15) is 0 Å². The van der Waals surface area contributed by atoms with Crippen molar-refractivity contribution < 1.29 is 14.7 Å². The van der Waals surface area contributed by atoms with Crippen molar-refractivity contribution in [2.24, 2.45) is 5.92 Å². The fourth-order valence-corrected chi connectivity index (χ4v) is 3.37. The van der Waals surface area contributed by atoms with E-state index in [1.165, 1.54) is 12.5 Å². The number of benzene rings is 1. The smallest absolute Gasteiger partial charge is 0.335 e. The lowest BCUT2D eigenvalue weighted by Gasteiger charge is -2.27. The Labute approximate surface area is 112 Å². The molecule has 2 atom stereocenters. The van der Waals surface area contributed by atoms with Gasteiger partial charge >= 0.3 is 5.97 Å². The number of hydrogen-bond donors (Lipinski definition) is 1. The third kappa shape index (κ3) is 2.11. The summed E-state index contributed by atoms with van der Waals surface area (Å²) < 4.78 is 0. The van der Waals surface area contributed by atoms with Crippen molar-refractivity contribution in [3.8, 4) is 0 Å². The van der Waals surface area contributed by atoms with Crippen molar-refractivity contribution in [2.45, 2.75) is 32.2 Å². The molecule has 4 nitrogen and oxygen atoms in total. The third-order valence-corrected chi connectivity index (χ3v) is 4.24. The number of rotatable bonds is 2. The molecule has 1 saturated heterocycles. The number of carbonyl (C=O) groups excluding carboxylic acids is 1. The number of fused-ring (bicyclic) bond motifs is 2. The molecular formula is C15H17NO3. The second kappa shape index (κ2) is 4.37. The molecule has 2 unspecified atom stereocenters. The van der Waals surface area contributed by atoms with Crippen LogP contribution in [0.15, 0.2) is 18.2 Å². The maximum atomic E-state index is 12.5. The van der Waals surface area contributed by atoms with Gasteiger partial charge in [0.1, 0.15) is 0 Å². The summed E-state index contributed by atoms with van der Waals surface area (Å²) in [6.07, 6.45) is 3.43. The van der Waals surface area contributed by atoms with E-state index in [9.17, 15) is 9.59 Å². The minimum Gasteiger partial charge on any atom is -0.478 e. The van der Waals surface area contributed by atoms with Gasteiger partial charge in [-0.3, -0.25) is 4.79 Å². The van der Waals surface area contributed by atoms with E-state index in [0.717, 1.165) is 24.9 Å². The lowest BCUT2D eigenvalue weighted by atomic mass is 10.0. The molecule has 1 saturated carbocycles. The second-order valence-corrected chi connectivity index (χ2v) is 5.68. The molecule has 0 aromatic heterocycles. The van der Waals surface area contributed by atoms with Crippen LogP contribution in [0, 0.1) is 12.8 Å². The van der Waals surface area contributed by atoms with Gasteiger partial charge < -0.3 is 10.0 Å². The van der Waals surface area contributed by atoms with E-state index in [1.54, 1.807) is 12.1 Å². The highest BCUT2D eigenvalue weighted by Gasteiger charge is 2.40. The van der Waals surface area contributed by atoms with E-state index >= 15 is 0 Å². The summed E-state index contributed by atoms with van der Waals surface area (Å²) in [5.41, 5.74) is 1.50. The lowest BCUT2D eigenvalue weighted by Crippen LogP contribution is -2.37. The van der Waals surface area contributed by atoms with Crippen molar-refractivity contribution in [1.29, 1.82) is 0 Å². The molecule has 1 amide bonds. The normalized spacial score (nSPS) is 24.8. The molecule has 0 radical (unpaired) electrons. The average Bonchev–Trinajstić information content (AvgIpc) is 2.99. The predicted molar refractivity (Wildman–Crippen MR) is 70.3 cm³/mol. The Kier molecular flexibility index (Phi) is 2.81. The Morgan fingerprint density at radius 1 is 1.21 bits per heavy atom. The number of aryl methyl sites for hydroxylation is 1. The van der Waals surface area contributed by atoms with Crippen LogP contribution in [0.25, 0.3) is 0 Å². The first-order valence-electron chi connectivity index (χ1n) is 6.70. The molecule has 1 N–H and O–H groups in total. The Morgan fingerprint density at radius 2 is 1.95 bits per heavy atom. The van der Waals surface area contributed by atoms with Crippen LogP contribution in [0.4, 0.5) is 0 Å². The Morgan fingerprint density at radius 3 is 2.53 bits per heavy atom. The third-order valence-electron chi connectivity index (χ3n) is 4.24. The van der Waals surface area contributed by atoms with E-state index in [2.05, 4.69) is 0 Å². The van der Waals surface area contributed by atoms with Crippen LogP contribution in [-0.4, -0.2) is 34.5 Å². The molecular weight excluding hydrogens is 242 g/mol.